The Morgan fingerprint density at radius 3 is 1.28 bits per heavy atom. The van der Waals surface area contributed by atoms with Gasteiger partial charge in [-0.3, -0.25) is 0 Å². The van der Waals surface area contributed by atoms with Crippen LogP contribution >= 0.6 is 0 Å². The molecule has 0 aliphatic carbocycles. The lowest BCUT2D eigenvalue weighted by molar-refractivity contribution is 0.414. The summed E-state index contributed by atoms with van der Waals surface area (Å²) >= 11 is 0. The van der Waals surface area contributed by atoms with E-state index in [1.165, 1.54) is 20.2 Å². The van der Waals surface area contributed by atoms with Gasteiger partial charge in [0.1, 0.15) is 11.5 Å². The molecule has 0 bridgehead atoms. The van der Waals surface area contributed by atoms with E-state index >= 15 is 0 Å². The Bertz CT molecular complexity index is 680. The Morgan fingerprint density at radius 2 is 0.960 bits per heavy atom. The molecule has 3 rings (SSSR count). The predicted octanol–water partition coefficient (Wildman–Crippen LogP) is 5.36. The number of benzene rings is 3. The highest BCUT2D eigenvalue weighted by molar-refractivity contribution is 7.97. The fourth-order valence-electron chi connectivity index (χ4n) is 2.69. The van der Waals surface area contributed by atoms with Gasteiger partial charge in [0.2, 0.25) is 0 Å². The summed E-state index contributed by atoms with van der Waals surface area (Å²) in [4.78, 5) is 3.86. The van der Waals surface area contributed by atoms with Crippen molar-refractivity contribution in [1.82, 2.24) is 0 Å². The molecule has 2 nitrogen and oxygen atoms in total. The van der Waals surface area contributed by atoms with E-state index in [2.05, 4.69) is 55.5 Å². The van der Waals surface area contributed by atoms with Crippen LogP contribution < -0.4 is 9.47 Å². The number of hydrogen-bond donors (Lipinski definition) is 0. The minimum atomic E-state index is -0.157. The summed E-state index contributed by atoms with van der Waals surface area (Å²) in [6.07, 6.45) is 1.05. The van der Waals surface area contributed by atoms with E-state index in [0.717, 1.165) is 17.9 Å². The van der Waals surface area contributed by atoms with Gasteiger partial charge >= 0.3 is 0 Å². The molecule has 3 aromatic rings. The first kappa shape index (κ1) is 17.4. The predicted molar refractivity (Wildman–Crippen MR) is 104 cm³/mol. The standard InChI is InChI=1S/C22H23O2S/c1-4-17-5-11-20(12-6-17)25(21-13-7-18(23-2)8-14-21)22-15-9-19(24-3)10-16-22/h5-16H,4H2,1-3H3/q+1. The van der Waals surface area contributed by atoms with E-state index < -0.39 is 0 Å². The van der Waals surface area contributed by atoms with Crippen LogP contribution in [0.4, 0.5) is 0 Å². The molecule has 0 aromatic heterocycles. The number of hydrogen-bond acceptors (Lipinski definition) is 2. The van der Waals surface area contributed by atoms with E-state index in [4.69, 9.17) is 9.47 Å². The second-order valence-corrected chi connectivity index (χ2v) is 7.68. The monoisotopic (exact) mass is 351 g/mol. The minimum Gasteiger partial charge on any atom is -0.497 e. The topological polar surface area (TPSA) is 18.5 Å². The fourth-order valence-corrected chi connectivity index (χ4v) is 4.73. The lowest BCUT2D eigenvalue weighted by Crippen LogP contribution is -2.05. The van der Waals surface area contributed by atoms with Crippen LogP contribution in [-0.2, 0) is 17.3 Å². The zero-order valence-corrected chi connectivity index (χ0v) is 15.7. The molecule has 0 heterocycles. The number of methoxy groups -OCH3 is 2. The lowest BCUT2D eigenvalue weighted by atomic mass is 10.2. The maximum atomic E-state index is 5.31. The van der Waals surface area contributed by atoms with Crippen molar-refractivity contribution in [3.8, 4) is 11.5 Å². The van der Waals surface area contributed by atoms with Crippen molar-refractivity contribution < 1.29 is 9.47 Å². The second kappa shape index (κ2) is 8.13. The van der Waals surface area contributed by atoms with E-state index in [9.17, 15) is 0 Å². The highest BCUT2D eigenvalue weighted by atomic mass is 32.2. The normalized spacial score (nSPS) is 10.7. The third kappa shape index (κ3) is 3.99. The average molecular weight is 351 g/mol. The highest BCUT2D eigenvalue weighted by Gasteiger charge is 2.28. The second-order valence-electron chi connectivity index (χ2n) is 5.65. The van der Waals surface area contributed by atoms with Gasteiger partial charge in [0.15, 0.2) is 14.7 Å². The Labute approximate surface area is 152 Å². The quantitative estimate of drug-likeness (QED) is 0.557. The molecule has 0 aliphatic heterocycles. The van der Waals surface area contributed by atoms with Gasteiger partial charge < -0.3 is 9.47 Å². The Kier molecular flexibility index (Phi) is 5.67. The Balaban J connectivity index is 2.04. The maximum Gasteiger partial charge on any atom is 0.166 e. The molecule has 0 atom stereocenters. The van der Waals surface area contributed by atoms with Crippen molar-refractivity contribution in [2.75, 3.05) is 14.2 Å². The van der Waals surface area contributed by atoms with Crippen molar-refractivity contribution >= 4 is 10.9 Å². The zero-order valence-electron chi connectivity index (χ0n) is 14.9. The summed E-state index contributed by atoms with van der Waals surface area (Å²) in [5.41, 5.74) is 1.36. The molecular formula is C22H23O2S+. The number of aryl methyl sites for hydroxylation is 1. The van der Waals surface area contributed by atoms with Gasteiger partial charge in [-0.15, -0.1) is 0 Å². The molecule has 0 fully saturated rings. The van der Waals surface area contributed by atoms with Crippen LogP contribution in [0.5, 0.6) is 11.5 Å². The first-order valence-corrected chi connectivity index (χ1v) is 9.59. The first-order chi connectivity index (χ1) is 12.2. The molecule has 3 aromatic carbocycles. The van der Waals surface area contributed by atoms with E-state index in [1.54, 1.807) is 14.2 Å². The summed E-state index contributed by atoms with van der Waals surface area (Å²) in [7, 11) is 3.24. The van der Waals surface area contributed by atoms with Crippen molar-refractivity contribution in [3.63, 3.8) is 0 Å². The molecule has 128 valence electrons. The molecule has 0 spiro atoms. The summed E-state index contributed by atoms with van der Waals surface area (Å²) in [6.45, 7) is 2.18. The van der Waals surface area contributed by atoms with Crippen molar-refractivity contribution in [2.45, 2.75) is 28.0 Å². The SMILES string of the molecule is CCc1ccc([S+](c2ccc(OC)cc2)c2ccc(OC)cc2)cc1. The van der Waals surface area contributed by atoms with Crippen LogP contribution in [-0.4, -0.2) is 14.2 Å². The average Bonchev–Trinajstić information content (AvgIpc) is 2.70. The summed E-state index contributed by atoms with van der Waals surface area (Å²) in [5.74, 6) is 1.76. The van der Waals surface area contributed by atoms with Gasteiger partial charge in [0.05, 0.1) is 25.1 Å². The number of rotatable bonds is 6. The third-order valence-electron chi connectivity index (χ3n) is 4.16. The van der Waals surface area contributed by atoms with Gasteiger partial charge in [-0.05, 0) is 72.6 Å². The first-order valence-electron chi connectivity index (χ1n) is 8.36. The Morgan fingerprint density at radius 1 is 0.600 bits per heavy atom. The molecule has 0 N–H and O–H groups in total. The molecular weight excluding hydrogens is 328 g/mol. The van der Waals surface area contributed by atoms with Gasteiger partial charge in [-0.25, -0.2) is 0 Å². The molecule has 0 amide bonds. The molecule has 0 unspecified atom stereocenters. The Hall–Kier alpha value is -2.39. The van der Waals surface area contributed by atoms with Crippen molar-refractivity contribution in [2.24, 2.45) is 0 Å². The zero-order chi connectivity index (χ0) is 17.6. The summed E-state index contributed by atoms with van der Waals surface area (Å²) < 4.78 is 10.6. The molecule has 0 radical (unpaired) electrons. The van der Waals surface area contributed by atoms with E-state index in [1.807, 2.05) is 24.3 Å². The van der Waals surface area contributed by atoms with Crippen LogP contribution in [0.15, 0.2) is 87.5 Å². The number of ether oxygens (including phenoxy) is 2. The smallest absolute Gasteiger partial charge is 0.166 e. The van der Waals surface area contributed by atoms with Gasteiger partial charge in [-0.2, -0.15) is 0 Å². The van der Waals surface area contributed by atoms with Gasteiger partial charge in [0.25, 0.3) is 0 Å². The van der Waals surface area contributed by atoms with Gasteiger partial charge in [0, 0.05) is 0 Å². The van der Waals surface area contributed by atoms with Crippen LogP contribution in [0, 0.1) is 0 Å². The summed E-state index contributed by atoms with van der Waals surface area (Å²) in [6, 6.07) is 25.7. The van der Waals surface area contributed by atoms with E-state index in [-0.39, 0.29) is 10.9 Å². The van der Waals surface area contributed by atoms with Crippen LogP contribution in [0.25, 0.3) is 0 Å². The maximum absolute atomic E-state index is 5.31. The van der Waals surface area contributed by atoms with Crippen LogP contribution in [0.2, 0.25) is 0 Å². The third-order valence-corrected chi connectivity index (χ3v) is 6.39. The van der Waals surface area contributed by atoms with Crippen LogP contribution in [0.3, 0.4) is 0 Å². The highest BCUT2D eigenvalue weighted by Crippen LogP contribution is 2.33. The lowest BCUT2D eigenvalue weighted by Gasteiger charge is -2.10. The van der Waals surface area contributed by atoms with Crippen molar-refractivity contribution in [3.05, 3.63) is 78.4 Å². The summed E-state index contributed by atoms with van der Waals surface area (Å²) in [5, 5.41) is 0. The molecule has 25 heavy (non-hydrogen) atoms. The fraction of sp³-hybridized carbons (Fsp3) is 0.182. The van der Waals surface area contributed by atoms with E-state index in [0.29, 0.717) is 0 Å². The van der Waals surface area contributed by atoms with Gasteiger partial charge in [-0.1, -0.05) is 19.1 Å². The molecule has 0 saturated carbocycles. The van der Waals surface area contributed by atoms with Crippen molar-refractivity contribution in [1.29, 1.82) is 0 Å². The largest absolute Gasteiger partial charge is 0.497 e. The minimum absolute atomic E-state index is 0.157. The van der Waals surface area contributed by atoms with Crippen LogP contribution in [0.1, 0.15) is 12.5 Å². The molecule has 3 heteroatoms. The molecule has 0 saturated heterocycles. The molecule has 0 aliphatic rings.